The van der Waals surface area contributed by atoms with E-state index in [-0.39, 0.29) is 18.2 Å². The number of anilines is 1. The number of hydrogen-bond acceptors (Lipinski definition) is 8. The maximum absolute atomic E-state index is 13.4. The van der Waals surface area contributed by atoms with Crippen LogP contribution < -0.4 is 24.3 Å². The lowest BCUT2D eigenvalue weighted by molar-refractivity contribution is -0.129. The molecule has 1 aliphatic heterocycles. The van der Waals surface area contributed by atoms with E-state index in [2.05, 4.69) is 5.32 Å². The highest BCUT2D eigenvalue weighted by molar-refractivity contribution is 8.15. The van der Waals surface area contributed by atoms with Crippen LogP contribution in [0, 0.1) is 0 Å². The fraction of sp³-hybridized carbons (Fsp3) is 0.276. The number of methoxy groups -OCH3 is 4. The molecule has 10 heteroatoms. The lowest BCUT2D eigenvalue weighted by Crippen LogP contribution is -2.46. The molecule has 1 N–H and O–H groups in total. The predicted molar refractivity (Wildman–Crippen MR) is 153 cm³/mol. The molecule has 1 heterocycles. The minimum atomic E-state index is -0.631. The van der Waals surface area contributed by atoms with Gasteiger partial charge in [0.05, 0.1) is 34.1 Å². The smallest absolute Gasteiger partial charge is 0.238 e. The fourth-order valence-corrected chi connectivity index (χ4v) is 5.13. The van der Waals surface area contributed by atoms with Crippen molar-refractivity contribution in [3.8, 4) is 23.0 Å². The van der Waals surface area contributed by atoms with Crippen molar-refractivity contribution in [1.29, 1.82) is 0 Å². The van der Waals surface area contributed by atoms with Crippen LogP contribution in [0.3, 0.4) is 0 Å². The first-order valence-corrected chi connectivity index (χ1v) is 13.2. The van der Waals surface area contributed by atoms with Crippen molar-refractivity contribution in [1.82, 2.24) is 4.90 Å². The summed E-state index contributed by atoms with van der Waals surface area (Å²) in [6.07, 6.45) is 0.622. The van der Waals surface area contributed by atoms with Crippen molar-refractivity contribution < 1.29 is 28.5 Å². The van der Waals surface area contributed by atoms with Crippen LogP contribution in [-0.2, 0) is 16.0 Å². The molecule has 0 aliphatic carbocycles. The molecule has 1 saturated heterocycles. The highest BCUT2D eigenvalue weighted by Crippen LogP contribution is 2.32. The quantitative estimate of drug-likeness (QED) is 0.383. The Morgan fingerprint density at radius 1 is 0.897 bits per heavy atom. The first kappa shape index (κ1) is 27.8. The van der Waals surface area contributed by atoms with E-state index >= 15 is 0 Å². The third-order valence-corrected chi connectivity index (χ3v) is 7.35. The summed E-state index contributed by atoms with van der Waals surface area (Å²) in [7, 11) is 6.35. The second-order valence-electron chi connectivity index (χ2n) is 8.61. The van der Waals surface area contributed by atoms with E-state index in [1.807, 2.05) is 30.3 Å². The van der Waals surface area contributed by atoms with Gasteiger partial charge in [0.2, 0.25) is 11.8 Å². The minimum absolute atomic E-state index is 0.0558. The molecule has 4 rings (SSSR count). The number of carbonyl (C=O) groups is 2. The molecule has 3 aromatic rings. The minimum Gasteiger partial charge on any atom is -0.497 e. The van der Waals surface area contributed by atoms with Crippen LogP contribution in [-0.4, -0.2) is 62.1 Å². The Balaban J connectivity index is 1.54. The zero-order valence-corrected chi connectivity index (χ0v) is 23.1. The third-order valence-electron chi connectivity index (χ3n) is 6.16. The Bertz CT molecular complexity index is 1330. The van der Waals surface area contributed by atoms with Crippen LogP contribution >= 0.6 is 11.8 Å². The maximum atomic E-state index is 13.4. The Hall–Kier alpha value is -4.18. The molecular formula is C29H31N3O6S. The molecule has 1 aliphatic rings. The number of amides is 2. The number of amidine groups is 1. The third kappa shape index (κ3) is 7.02. The summed E-state index contributed by atoms with van der Waals surface area (Å²) in [6, 6.07) is 19.9. The normalized spacial score (nSPS) is 16.1. The van der Waals surface area contributed by atoms with Crippen LogP contribution in [0.5, 0.6) is 23.0 Å². The van der Waals surface area contributed by atoms with Gasteiger partial charge in [-0.15, -0.1) is 0 Å². The van der Waals surface area contributed by atoms with Gasteiger partial charge in [-0.1, -0.05) is 17.8 Å². The van der Waals surface area contributed by atoms with Crippen LogP contribution in [0.1, 0.15) is 12.0 Å². The van der Waals surface area contributed by atoms with Crippen molar-refractivity contribution in [2.75, 3.05) is 40.3 Å². The molecule has 39 heavy (non-hydrogen) atoms. The summed E-state index contributed by atoms with van der Waals surface area (Å²) in [4.78, 5) is 32.9. The van der Waals surface area contributed by atoms with E-state index in [4.69, 9.17) is 23.9 Å². The highest BCUT2D eigenvalue weighted by Gasteiger charge is 2.36. The van der Waals surface area contributed by atoms with Crippen molar-refractivity contribution in [3.63, 3.8) is 0 Å². The molecule has 1 atom stereocenters. The van der Waals surface area contributed by atoms with Gasteiger partial charge in [0.1, 0.15) is 16.7 Å². The largest absolute Gasteiger partial charge is 0.497 e. The SMILES string of the molecule is COc1ccc(N=C2S[C@H](C(=O)Nc3ccc(OC)cc3)CC(=O)N2CCc2ccc(OC)c(OC)c2)cc1. The maximum Gasteiger partial charge on any atom is 0.238 e. The average molecular weight is 550 g/mol. The van der Waals surface area contributed by atoms with Gasteiger partial charge < -0.3 is 24.3 Å². The van der Waals surface area contributed by atoms with Crippen molar-refractivity contribution in [2.45, 2.75) is 18.1 Å². The van der Waals surface area contributed by atoms with E-state index in [0.717, 1.165) is 5.56 Å². The first-order chi connectivity index (χ1) is 18.9. The number of thioether (sulfide) groups is 1. The molecule has 204 valence electrons. The molecule has 0 aromatic heterocycles. The molecule has 0 bridgehead atoms. The van der Waals surface area contributed by atoms with Crippen molar-refractivity contribution in [2.24, 2.45) is 4.99 Å². The molecular weight excluding hydrogens is 518 g/mol. The predicted octanol–water partition coefficient (Wildman–Crippen LogP) is 4.92. The Labute approximate surface area is 232 Å². The molecule has 1 fully saturated rings. The zero-order valence-electron chi connectivity index (χ0n) is 22.3. The number of ether oxygens (including phenoxy) is 4. The van der Waals surface area contributed by atoms with Crippen LogP contribution in [0.15, 0.2) is 71.7 Å². The van der Waals surface area contributed by atoms with Gasteiger partial charge >= 0.3 is 0 Å². The molecule has 0 spiro atoms. The summed E-state index contributed by atoms with van der Waals surface area (Å²) in [5.41, 5.74) is 2.26. The fourth-order valence-electron chi connectivity index (χ4n) is 4.00. The number of carbonyl (C=O) groups excluding carboxylic acids is 2. The summed E-state index contributed by atoms with van der Waals surface area (Å²) in [5.74, 6) is 2.22. The molecule has 0 unspecified atom stereocenters. The van der Waals surface area contributed by atoms with Gasteiger partial charge in [0.25, 0.3) is 0 Å². The number of aliphatic imine (C=N–C) groups is 1. The van der Waals surface area contributed by atoms with E-state index in [9.17, 15) is 9.59 Å². The lowest BCUT2D eigenvalue weighted by atomic mass is 10.1. The van der Waals surface area contributed by atoms with Crippen molar-refractivity contribution in [3.05, 3.63) is 72.3 Å². The number of benzene rings is 3. The van der Waals surface area contributed by atoms with Crippen LogP contribution in [0.2, 0.25) is 0 Å². The van der Waals surface area contributed by atoms with Crippen molar-refractivity contribution >= 4 is 40.1 Å². The average Bonchev–Trinajstić information content (AvgIpc) is 2.97. The lowest BCUT2D eigenvalue weighted by Gasteiger charge is -2.32. The number of rotatable bonds is 10. The summed E-state index contributed by atoms with van der Waals surface area (Å²) < 4.78 is 21.2. The van der Waals surface area contributed by atoms with Gasteiger partial charge in [-0.3, -0.25) is 14.5 Å². The van der Waals surface area contributed by atoms with Gasteiger partial charge in [-0.25, -0.2) is 4.99 Å². The monoisotopic (exact) mass is 549 g/mol. The van der Waals surface area contributed by atoms with Gasteiger partial charge in [0, 0.05) is 18.7 Å². The van der Waals surface area contributed by atoms with E-state index in [1.165, 1.54) is 11.8 Å². The van der Waals surface area contributed by atoms with Crippen LogP contribution in [0.4, 0.5) is 11.4 Å². The summed E-state index contributed by atoms with van der Waals surface area (Å²) in [6.45, 7) is 0.392. The second kappa shape index (κ2) is 13.1. The van der Waals surface area contributed by atoms with E-state index in [0.29, 0.717) is 52.5 Å². The highest BCUT2D eigenvalue weighted by atomic mass is 32.2. The van der Waals surface area contributed by atoms with Gasteiger partial charge in [-0.2, -0.15) is 0 Å². The number of hydrogen-bond donors (Lipinski definition) is 1. The second-order valence-corrected chi connectivity index (χ2v) is 9.78. The Morgan fingerprint density at radius 3 is 2.15 bits per heavy atom. The topological polar surface area (TPSA) is 98.7 Å². The molecule has 3 aromatic carbocycles. The molecule has 0 saturated carbocycles. The first-order valence-electron chi connectivity index (χ1n) is 12.3. The summed E-state index contributed by atoms with van der Waals surface area (Å²) in [5, 5.41) is 2.73. The van der Waals surface area contributed by atoms with E-state index in [1.54, 1.807) is 69.7 Å². The molecule has 0 radical (unpaired) electrons. The molecule has 2 amide bonds. The Kier molecular flexibility index (Phi) is 9.32. The Morgan fingerprint density at radius 2 is 1.54 bits per heavy atom. The van der Waals surface area contributed by atoms with Gasteiger partial charge in [-0.05, 0) is 72.6 Å². The summed E-state index contributed by atoms with van der Waals surface area (Å²) >= 11 is 1.27. The van der Waals surface area contributed by atoms with E-state index < -0.39 is 5.25 Å². The zero-order chi connectivity index (χ0) is 27.8. The molecule has 9 nitrogen and oxygen atoms in total. The standard InChI is InChI=1S/C29H31N3O6S/c1-35-22-10-6-20(7-11-22)30-28(34)26-18-27(33)32(16-15-19-5-14-24(37-3)25(17-19)38-4)29(39-26)31-21-8-12-23(36-2)13-9-21/h5-14,17,26H,15-16,18H2,1-4H3,(H,30,34)/t26-/m0/s1. The number of nitrogens with one attached hydrogen (secondary N) is 1. The van der Waals surface area contributed by atoms with Crippen LogP contribution in [0.25, 0.3) is 0 Å². The number of nitrogens with zero attached hydrogens (tertiary/aromatic N) is 2. The van der Waals surface area contributed by atoms with Gasteiger partial charge in [0.15, 0.2) is 16.7 Å².